The van der Waals surface area contributed by atoms with Crippen LogP contribution in [0.5, 0.6) is 0 Å². The Kier molecular flexibility index (Phi) is 4.53. The average molecular weight is 248 g/mol. The number of carbonyl (C=O) groups is 1. The van der Waals surface area contributed by atoms with Gasteiger partial charge in [-0.25, -0.2) is 0 Å². The summed E-state index contributed by atoms with van der Waals surface area (Å²) >= 11 is 0. The number of carbonyl (C=O) groups excluding carboxylic acids is 1. The van der Waals surface area contributed by atoms with Gasteiger partial charge in [0.05, 0.1) is 5.92 Å². The fraction of sp³-hybridized carbons (Fsp3) is 0.167. The third kappa shape index (κ3) is 4.12. The molecule has 1 nitrogen and oxygen atoms in total. The third-order valence-corrected chi connectivity index (χ3v) is 2.86. The standard InChI is InChI=1S/C18H16O/c1-15(19)14-18(17-10-6-3-7-11-17)13-12-16-8-4-2-5-9-16/h2-11,18H,14H2,1H3. The minimum atomic E-state index is -0.0288. The maximum Gasteiger partial charge on any atom is 0.131 e. The van der Waals surface area contributed by atoms with Crippen LogP contribution >= 0.6 is 0 Å². The zero-order chi connectivity index (χ0) is 13.5. The van der Waals surface area contributed by atoms with Crippen LogP contribution in [0.2, 0.25) is 0 Å². The molecular formula is C18H16O. The molecule has 2 aromatic carbocycles. The Hall–Kier alpha value is -2.33. The van der Waals surface area contributed by atoms with Gasteiger partial charge in [-0.3, -0.25) is 4.79 Å². The summed E-state index contributed by atoms with van der Waals surface area (Å²) in [5.74, 6) is 6.49. The molecule has 0 N–H and O–H groups in total. The lowest BCUT2D eigenvalue weighted by molar-refractivity contribution is -0.117. The van der Waals surface area contributed by atoms with Gasteiger partial charge in [-0.15, -0.1) is 0 Å². The summed E-state index contributed by atoms with van der Waals surface area (Å²) in [6.45, 7) is 1.61. The highest BCUT2D eigenvalue weighted by Gasteiger charge is 2.10. The van der Waals surface area contributed by atoms with Gasteiger partial charge in [-0.1, -0.05) is 60.4 Å². The van der Waals surface area contributed by atoms with Gasteiger partial charge in [0.25, 0.3) is 0 Å². The van der Waals surface area contributed by atoms with E-state index >= 15 is 0 Å². The number of ketones is 1. The largest absolute Gasteiger partial charge is 0.300 e. The number of rotatable bonds is 3. The van der Waals surface area contributed by atoms with Crippen LogP contribution in [0.4, 0.5) is 0 Å². The van der Waals surface area contributed by atoms with Gasteiger partial charge in [0.15, 0.2) is 0 Å². The molecule has 0 heterocycles. The Morgan fingerprint density at radius 1 is 1.00 bits per heavy atom. The quantitative estimate of drug-likeness (QED) is 0.755. The second-order valence-corrected chi connectivity index (χ2v) is 4.50. The highest BCUT2D eigenvalue weighted by molar-refractivity contribution is 5.77. The second-order valence-electron chi connectivity index (χ2n) is 4.50. The normalized spacial score (nSPS) is 11.2. The molecule has 0 saturated carbocycles. The minimum Gasteiger partial charge on any atom is -0.300 e. The summed E-state index contributed by atoms with van der Waals surface area (Å²) in [4.78, 5) is 11.4. The molecular weight excluding hydrogens is 232 g/mol. The van der Waals surface area contributed by atoms with Crippen molar-refractivity contribution >= 4 is 5.78 Å². The molecule has 0 fully saturated rings. The highest BCUT2D eigenvalue weighted by Crippen LogP contribution is 2.19. The van der Waals surface area contributed by atoms with Crippen LogP contribution in [0.1, 0.15) is 30.4 Å². The van der Waals surface area contributed by atoms with Gasteiger partial charge >= 0.3 is 0 Å². The zero-order valence-corrected chi connectivity index (χ0v) is 11.0. The molecule has 0 radical (unpaired) electrons. The highest BCUT2D eigenvalue weighted by atomic mass is 16.1. The molecule has 19 heavy (non-hydrogen) atoms. The van der Waals surface area contributed by atoms with Gasteiger partial charge in [-0.05, 0) is 24.6 Å². The molecule has 2 aromatic rings. The van der Waals surface area contributed by atoms with Crippen LogP contribution in [0.25, 0.3) is 0 Å². The van der Waals surface area contributed by atoms with E-state index in [4.69, 9.17) is 0 Å². The first kappa shape index (κ1) is 13.1. The molecule has 0 aliphatic rings. The molecule has 0 aliphatic heterocycles. The van der Waals surface area contributed by atoms with Crippen molar-refractivity contribution in [2.45, 2.75) is 19.3 Å². The Morgan fingerprint density at radius 2 is 1.58 bits per heavy atom. The number of hydrogen-bond donors (Lipinski definition) is 0. The maximum absolute atomic E-state index is 11.4. The van der Waals surface area contributed by atoms with E-state index in [2.05, 4.69) is 11.8 Å². The number of hydrogen-bond acceptors (Lipinski definition) is 1. The van der Waals surface area contributed by atoms with Crippen molar-refractivity contribution in [3.63, 3.8) is 0 Å². The van der Waals surface area contributed by atoms with Gasteiger partial charge in [0, 0.05) is 12.0 Å². The molecule has 1 heteroatoms. The number of benzene rings is 2. The lowest BCUT2D eigenvalue weighted by Crippen LogP contribution is -2.02. The molecule has 1 unspecified atom stereocenters. The fourth-order valence-electron chi connectivity index (χ4n) is 1.92. The van der Waals surface area contributed by atoms with Gasteiger partial charge in [0.2, 0.25) is 0 Å². The van der Waals surface area contributed by atoms with E-state index in [9.17, 15) is 4.79 Å². The Balaban J connectivity index is 2.25. The van der Waals surface area contributed by atoms with E-state index in [-0.39, 0.29) is 11.7 Å². The summed E-state index contributed by atoms with van der Waals surface area (Å²) in [6.07, 6.45) is 0.462. The fourth-order valence-corrected chi connectivity index (χ4v) is 1.92. The van der Waals surface area contributed by atoms with Gasteiger partial charge < -0.3 is 0 Å². The van der Waals surface area contributed by atoms with E-state index in [0.29, 0.717) is 6.42 Å². The number of Topliss-reactive ketones (excluding diaryl/α,β-unsaturated/α-hetero) is 1. The van der Waals surface area contributed by atoms with E-state index < -0.39 is 0 Å². The molecule has 94 valence electrons. The average Bonchev–Trinajstić information content (AvgIpc) is 2.45. The topological polar surface area (TPSA) is 17.1 Å². The van der Waals surface area contributed by atoms with Crippen LogP contribution in [-0.4, -0.2) is 5.78 Å². The minimum absolute atomic E-state index is 0.0288. The molecule has 0 spiro atoms. The van der Waals surface area contributed by atoms with E-state index in [0.717, 1.165) is 11.1 Å². The van der Waals surface area contributed by atoms with Crippen molar-refractivity contribution in [2.24, 2.45) is 0 Å². The maximum atomic E-state index is 11.4. The summed E-state index contributed by atoms with van der Waals surface area (Å²) in [5.41, 5.74) is 2.08. The van der Waals surface area contributed by atoms with E-state index in [1.54, 1.807) is 6.92 Å². The Morgan fingerprint density at radius 3 is 2.16 bits per heavy atom. The molecule has 0 aromatic heterocycles. The summed E-state index contributed by atoms with van der Waals surface area (Å²) in [7, 11) is 0. The lowest BCUT2D eigenvalue weighted by Gasteiger charge is -2.08. The first-order valence-corrected chi connectivity index (χ1v) is 6.36. The monoisotopic (exact) mass is 248 g/mol. The van der Waals surface area contributed by atoms with Crippen molar-refractivity contribution in [3.05, 3.63) is 71.8 Å². The first-order chi connectivity index (χ1) is 9.25. The van der Waals surface area contributed by atoms with Crippen molar-refractivity contribution in [3.8, 4) is 11.8 Å². The van der Waals surface area contributed by atoms with Crippen LogP contribution in [0, 0.1) is 11.8 Å². The summed E-state index contributed by atoms with van der Waals surface area (Å²) < 4.78 is 0. The molecule has 0 saturated heterocycles. The van der Waals surface area contributed by atoms with Crippen LogP contribution < -0.4 is 0 Å². The van der Waals surface area contributed by atoms with Crippen molar-refractivity contribution in [2.75, 3.05) is 0 Å². The summed E-state index contributed by atoms with van der Waals surface area (Å²) in [5, 5.41) is 0. The van der Waals surface area contributed by atoms with E-state index in [1.807, 2.05) is 60.7 Å². The zero-order valence-electron chi connectivity index (χ0n) is 11.0. The lowest BCUT2D eigenvalue weighted by atomic mass is 9.94. The third-order valence-electron chi connectivity index (χ3n) is 2.86. The molecule has 1 atom stereocenters. The van der Waals surface area contributed by atoms with Gasteiger partial charge in [-0.2, -0.15) is 0 Å². The molecule has 0 aliphatic carbocycles. The van der Waals surface area contributed by atoms with Crippen molar-refractivity contribution in [1.29, 1.82) is 0 Å². The van der Waals surface area contributed by atoms with Crippen LogP contribution in [-0.2, 0) is 4.79 Å². The molecule has 2 rings (SSSR count). The molecule has 0 amide bonds. The van der Waals surface area contributed by atoms with Crippen molar-refractivity contribution in [1.82, 2.24) is 0 Å². The predicted molar refractivity (Wildman–Crippen MR) is 77.8 cm³/mol. The second kappa shape index (κ2) is 6.56. The predicted octanol–water partition coefficient (Wildman–Crippen LogP) is 3.80. The van der Waals surface area contributed by atoms with Gasteiger partial charge in [0.1, 0.15) is 5.78 Å². The first-order valence-electron chi connectivity index (χ1n) is 6.36. The smallest absolute Gasteiger partial charge is 0.131 e. The summed E-state index contributed by atoms with van der Waals surface area (Å²) in [6, 6.07) is 19.8. The van der Waals surface area contributed by atoms with Crippen molar-refractivity contribution < 1.29 is 4.79 Å². The molecule has 0 bridgehead atoms. The van der Waals surface area contributed by atoms with Crippen LogP contribution in [0.3, 0.4) is 0 Å². The van der Waals surface area contributed by atoms with E-state index in [1.165, 1.54) is 0 Å². The Labute approximate surface area is 114 Å². The Bertz CT molecular complexity index is 588. The SMILES string of the molecule is CC(=O)CC(C#Cc1ccccc1)c1ccccc1. The van der Waals surface area contributed by atoms with Crippen LogP contribution in [0.15, 0.2) is 60.7 Å².